The molecule has 0 amide bonds. The van der Waals surface area contributed by atoms with Gasteiger partial charge in [0, 0.05) is 32.7 Å². The summed E-state index contributed by atoms with van der Waals surface area (Å²) in [5, 5.41) is 3.38. The topological polar surface area (TPSA) is 15.3 Å². The van der Waals surface area contributed by atoms with Crippen LogP contribution in [0.4, 0.5) is 0 Å². The second-order valence-corrected chi connectivity index (χ2v) is 4.37. The van der Waals surface area contributed by atoms with E-state index in [0.717, 1.165) is 32.7 Å². The molecule has 2 heterocycles. The fourth-order valence-electron chi connectivity index (χ4n) is 2.36. The zero-order valence-corrected chi connectivity index (χ0v) is 8.87. The van der Waals surface area contributed by atoms with Gasteiger partial charge in [-0.05, 0) is 16.7 Å². The van der Waals surface area contributed by atoms with Crippen LogP contribution in [-0.2, 0) is 19.6 Å². The molecular formula is C13H16N2. The molecule has 0 aliphatic carbocycles. The summed E-state index contributed by atoms with van der Waals surface area (Å²) in [6.45, 7) is 5.38. The molecule has 0 spiro atoms. The molecular weight excluding hydrogens is 184 g/mol. The quantitative estimate of drug-likeness (QED) is 0.730. The van der Waals surface area contributed by atoms with Crippen molar-refractivity contribution in [2.24, 2.45) is 0 Å². The highest BCUT2D eigenvalue weighted by molar-refractivity contribution is 5.34. The second-order valence-electron chi connectivity index (χ2n) is 4.37. The lowest BCUT2D eigenvalue weighted by molar-refractivity contribution is 0.345. The molecule has 2 aliphatic rings. The van der Waals surface area contributed by atoms with Gasteiger partial charge in [-0.25, -0.2) is 0 Å². The molecule has 1 aromatic carbocycles. The van der Waals surface area contributed by atoms with E-state index in [2.05, 4.69) is 40.6 Å². The molecule has 0 radical (unpaired) electrons. The number of benzene rings is 1. The molecule has 0 saturated carbocycles. The molecule has 1 N–H and O–H groups in total. The maximum absolute atomic E-state index is 3.38. The summed E-state index contributed by atoms with van der Waals surface area (Å²) < 4.78 is 0. The van der Waals surface area contributed by atoms with E-state index in [4.69, 9.17) is 0 Å². The molecule has 0 bridgehead atoms. The lowest BCUT2D eigenvalue weighted by Crippen LogP contribution is -2.19. The Morgan fingerprint density at radius 3 is 2.73 bits per heavy atom. The van der Waals surface area contributed by atoms with Gasteiger partial charge in [-0.2, -0.15) is 0 Å². The number of fused-ring (bicyclic) bond motifs is 1. The van der Waals surface area contributed by atoms with E-state index in [9.17, 15) is 0 Å². The molecule has 2 heteroatoms. The van der Waals surface area contributed by atoms with Crippen molar-refractivity contribution in [1.82, 2.24) is 10.2 Å². The van der Waals surface area contributed by atoms with Crippen LogP contribution in [0.5, 0.6) is 0 Å². The molecule has 15 heavy (non-hydrogen) atoms. The van der Waals surface area contributed by atoms with Crippen LogP contribution in [0.25, 0.3) is 0 Å². The molecule has 3 rings (SSSR count). The maximum Gasteiger partial charge on any atom is 0.0240 e. The number of hydrogen-bond donors (Lipinski definition) is 1. The summed E-state index contributed by atoms with van der Waals surface area (Å²) in [5.41, 5.74) is 4.40. The van der Waals surface area contributed by atoms with Gasteiger partial charge >= 0.3 is 0 Å². The first-order chi connectivity index (χ1) is 7.42. The standard InChI is InChI=1S/C13H16N2/c1-2-6-15(5-1)10-11-3-4-12-8-14-9-13(12)7-11/h1-4,7,14H,5-6,8-10H2. The van der Waals surface area contributed by atoms with Gasteiger partial charge in [-0.3, -0.25) is 4.90 Å². The highest BCUT2D eigenvalue weighted by atomic mass is 15.1. The van der Waals surface area contributed by atoms with E-state index in [1.54, 1.807) is 0 Å². The SMILES string of the molecule is C1=CCN(Cc2ccc3c(c2)CNC3)C1. The van der Waals surface area contributed by atoms with Gasteiger partial charge < -0.3 is 5.32 Å². The average Bonchev–Trinajstić information content (AvgIpc) is 2.87. The predicted molar refractivity (Wildman–Crippen MR) is 61.4 cm³/mol. The van der Waals surface area contributed by atoms with Crippen LogP contribution in [0, 0.1) is 0 Å². The first-order valence-electron chi connectivity index (χ1n) is 5.60. The minimum absolute atomic E-state index is 1.04. The zero-order valence-electron chi connectivity index (χ0n) is 8.87. The highest BCUT2D eigenvalue weighted by Gasteiger charge is 2.12. The normalized spacial score (nSPS) is 19.7. The van der Waals surface area contributed by atoms with E-state index >= 15 is 0 Å². The van der Waals surface area contributed by atoms with Crippen molar-refractivity contribution in [3.63, 3.8) is 0 Å². The second kappa shape index (κ2) is 3.80. The number of nitrogens with one attached hydrogen (secondary N) is 1. The Morgan fingerprint density at radius 1 is 1.07 bits per heavy atom. The van der Waals surface area contributed by atoms with Crippen LogP contribution in [0.1, 0.15) is 16.7 Å². The van der Waals surface area contributed by atoms with E-state index in [0.29, 0.717) is 0 Å². The highest BCUT2D eigenvalue weighted by Crippen LogP contribution is 2.18. The molecule has 0 fully saturated rings. The Kier molecular flexibility index (Phi) is 2.31. The summed E-state index contributed by atoms with van der Waals surface area (Å²) in [6, 6.07) is 6.89. The fourth-order valence-corrected chi connectivity index (χ4v) is 2.36. The number of nitrogens with zero attached hydrogens (tertiary/aromatic N) is 1. The molecule has 2 aliphatic heterocycles. The van der Waals surface area contributed by atoms with Crippen molar-refractivity contribution < 1.29 is 0 Å². The lowest BCUT2D eigenvalue weighted by Gasteiger charge is -2.15. The van der Waals surface area contributed by atoms with Gasteiger partial charge in [0.05, 0.1) is 0 Å². The van der Waals surface area contributed by atoms with Gasteiger partial charge in [0.15, 0.2) is 0 Å². The first-order valence-corrected chi connectivity index (χ1v) is 5.60. The Labute approximate surface area is 90.6 Å². The van der Waals surface area contributed by atoms with Crippen molar-refractivity contribution in [1.29, 1.82) is 0 Å². The Morgan fingerprint density at radius 2 is 1.87 bits per heavy atom. The van der Waals surface area contributed by atoms with Crippen LogP contribution >= 0.6 is 0 Å². The monoisotopic (exact) mass is 200 g/mol. The minimum atomic E-state index is 1.04. The van der Waals surface area contributed by atoms with Crippen molar-refractivity contribution in [2.45, 2.75) is 19.6 Å². The smallest absolute Gasteiger partial charge is 0.0240 e. The van der Waals surface area contributed by atoms with E-state index in [1.165, 1.54) is 16.7 Å². The first kappa shape index (κ1) is 9.13. The fraction of sp³-hybridized carbons (Fsp3) is 0.385. The molecule has 0 saturated heterocycles. The van der Waals surface area contributed by atoms with Gasteiger partial charge in [0.2, 0.25) is 0 Å². The third kappa shape index (κ3) is 1.83. The molecule has 0 unspecified atom stereocenters. The summed E-state index contributed by atoms with van der Waals surface area (Å²) in [6.07, 6.45) is 4.49. The van der Waals surface area contributed by atoms with E-state index in [1.807, 2.05) is 0 Å². The Balaban J connectivity index is 1.75. The maximum atomic E-state index is 3.38. The van der Waals surface area contributed by atoms with Crippen molar-refractivity contribution >= 4 is 0 Å². The summed E-state index contributed by atoms with van der Waals surface area (Å²) in [7, 11) is 0. The van der Waals surface area contributed by atoms with Crippen molar-refractivity contribution in [3.8, 4) is 0 Å². The van der Waals surface area contributed by atoms with Crippen LogP contribution in [0.3, 0.4) is 0 Å². The van der Waals surface area contributed by atoms with Crippen molar-refractivity contribution in [2.75, 3.05) is 13.1 Å². The lowest BCUT2D eigenvalue weighted by atomic mass is 10.1. The van der Waals surface area contributed by atoms with E-state index in [-0.39, 0.29) is 0 Å². The van der Waals surface area contributed by atoms with Crippen LogP contribution in [0.15, 0.2) is 30.4 Å². The molecule has 0 aromatic heterocycles. The summed E-state index contributed by atoms with van der Waals surface area (Å²) in [5.74, 6) is 0. The Hall–Kier alpha value is -1.12. The van der Waals surface area contributed by atoms with Gasteiger partial charge in [-0.1, -0.05) is 30.4 Å². The zero-order chi connectivity index (χ0) is 10.1. The minimum Gasteiger partial charge on any atom is -0.309 e. The van der Waals surface area contributed by atoms with Gasteiger partial charge in [0.25, 0.3) is 0 Å². The molecule has 2 nitrogen and oxygen atoms in total. The number of hydrogen-bond acceptors (Lipinski definition) is 2. The molecule has 0 atom stereocenters. The van der Waals surface area contributed by atoms with E-state index < -0.39 is 0 Å². The molecule has 1 aromatic rings. The third-order valence-electron chi connectivity index (χ3n) is 3.20. The van der Waals surface area contributed by atoms with Gasteiger partial charge in [-0.15, -0.1) is 0 Å². The largest absolute Gasteiger partial charge is 0.309 e. The van der Waals surface area contributed by atoms with Crippen LogP contribution in [-0.4, -0.2) is 18.0 Å². The molecule has 78 valence electrons. The summed E-state index contributed by atoms with van der Waals surface area (Å²) >= 11 is 0. The third-order valence-corrected chi connectivity index (χ3v) is 3.20. The van der Waals surface area contributed by atoms with Crippen molar-refractivity contribution in [3.05, 3.63) is 47.0 Å². The predicted octanol–water partition coefficient (Wildman–Crippen LogP) is 1.66. The van der Waals surface area contributed by atoms with Gasteiger partial charge in [0.1, 0.15) is 0 Å². The summed E-state index contributed by atoms with van der Waals surface area (Å²) in [4.78, 5) is 2.45. The van der Waals surface area contributed by atoms with Crippen LogP contribution < -0.4 is 5.32 Å². The Bertz CT molecular complexity index is 388. The average molecular weight is 200 g/mol. The number of rotatable bonds is 2. The van der Waals surface area contributed by atoms with Crippen LogP contribution in [0.2, 0.25) is 0 Å².